The molecule has 0 saturated carbocycles. The molecule has 0 bridgehead atoms. The molecule has 3 rings (SSSR count). The lowest BCUT2D eigenvalue weighted by Crippen LogP contribution is -1.98. The number of carbonyl (C=O) groups excluding carboxylic acids is 1. The first-order chi connectivity index (χ1) is 11.6. The Kier molecular flexibility index (Phi) is 4.52. The SMILES string of the molecule is CCOc1ccc(/C=C2/C=C(c3ccc(C)cc3C)OC2=O)cc1. The Hall–Kier alpha value is -2.81. The van der Waals surface area contributed by atoms with E-state index in [1.54, 1.807) is 6.08 Å². The van der Waals surface area contributed by atoms with Gasteiger partial charge in [0.2, 0.25) is 0 Å². The molecule has 0 radical (unpaired) electrons. The average Bonchev–Trinajstić information content (AvgIpc) is 2.90. The average molecular weight is 320 g/mol. The van der Waals surface area contributed by atoms with Crippen molar-refractivity contribution in [1.82, 2.24) is 0 Å². The summed E-state index contributed by atoms with van der Waals surface area (Å²) in [6.07, 6.45) is 3.63. The lowest BCUT2D eigenvalue weighted by molar-refractivity contribution is -0.130. The van der Waals surface area contributed by atoms with Gasteiger partial charge in [-0.1, -0.05) is 35.9 Å². The molecule has 0 unspecified atom stereocenters. The number of hydrogen-bond acceptors (Lipinski definition) is 3. The Balaban J connectivity index is 1.88. The molecule has 0 fully saturated rings. The summed E-state index contributed by atoms with van der Waals surface area (Å²) in [5.74, 6) is 1.11. The predicted octanol–water partition coefficient (Wildman–Crippen LogP) is 4.68. The zero-order valence-electron chi connectivity index (χ0n) is 14.1. The summed E-state index contributed by atoms with van der Waals surface area (Å²) in [5, 5.41) is 0. The van der Waals surface area contributed by atoms with Gasteiger partial charge in [-0.05, 0) is 56.2 Å². The highest BCUT2D eigenvalue weighted by molar-refractivity contribution is 6.05. The quantitative estimate of drug-likeness (QED) is 0.606. The van der Waals surface area contributed by atoms with Gasteiger partial charge in [0.15, 0.2) is 0 Å². The standard InChI is InChI=1S/C21H20O3/c1-4-23-18-8-6-16(7-9-18)12-17-13-20(24-21(17)22)19-10-5-14(2)11-15(19)3/h5-13H,4H2,1-3H3/b17-12-. The molecule has 0 aromatic heterocycles. The minimum Gasteiger partial charge on any atom is -0.494 e. The van der Waals surface area contributed by atoms with Crippen molar-refractivity contribution < 1.29 is 14.3 Å². The van der Waals surface area contributed by atoms with E-state index in [1.807, 2.05) is 63.2 Å². The maximum Gasteiger partial charge on any atom is 0.343 e. The first-order valence-corrected chi connectivity index (χ1v) is 8.03. The highest BCUT2D eigenvalue weighted by Gasteiger charge is 2.22. The molecule has 0 atom stereocenters. The van der Waals surface area contributed by atoms with Crippen LogP contribution < -0.4 is 4.74 Å². The van der Waals surface area contributed by atoms with Crippen molar-refractivity contribution in [2.75, 3.05) is 6.61 Å². The predicted molar refractivity (Wildman–Crippen MR) is 95.6 cm³/mol. The number of carbonyl (C=O) groups is 1. The molecule has 0 amide bonds. The van der Waals surface area contributed by atoms with Crippen LogP contribution in [-0.4, -0.2) is 12.6 Å². The van der Waals surface area contributed by atoms with E-state index in [4.69, 9.17) is 9.47 Å². The van der Waals surface area contributed by atoms with Crippen LogP contribution >= 0.6 is 0 Å². The van der Waals surface area contributed by atoms with E-state index in [0.29, 0.717) is 17.9 Å². The van der Waals surface area contributed by atoms with Gasteiger partial charge < -0.3 is 9.47 Å². The Labute approximate surface area is 142 Å². The topological polar surface area (TPSA) is 35.5 Å². The molecular weight excluding hydrogens is 300 g/mol. The number of aryl methyl sites for hydroxylation is 2. The smallest absolute Gasteiger partial charge is 0.343 e. The first-order valence-electron chi connectivity index (χ1n) is 8.03. The van der Waals surface area contributed by atoms with E-state index >= 15 is 0 Å². The van der Waals surface area contributed by atoms with Gasteiger partial charge in [-0.2, -0.15) is 0 Å². The summed E-state index contributed by atoms with van der Waals surface area (Å²) >= 11 is 0. The number of hydrogen-bond donors (Lipinski definition) is 0. The molecule has 0 N–H and O–H groups in total. The summed E-state index contributed by atoms with van der Waals surface area (Å²) in [6.45, 7) is 6.65. The van der Waals surface area contributed by atoms with Crippen molar-refractivity contribution >= 4 is 17.8 Å². The molecule has 1 heterocycles. The van der Waals surface area contributed by atoms with Crippen LogP contribution in [0.5, 0.6) is 5.75 Å². The van der Waals surface area contributed by atoms with Crippen LogP contribution in [0.2, 0.25) is 0 Å². The number of esters is 1. The fourth-order valence-electron chi connectivity index (χ4n) is 2.72. The normalized spacial score (nSPS) is 15.4. The van der Waals surface area contributed by atoms with Gasteiger partial charge in [-0.15, -0.1) is 0 Å². The Morgan fingerprint density at radius 1 is 1.08 bits per heavy atom. The van der Waals surface area contributed by atoms with Gasteiger partial charge in [0.1, 0.15) is 11.5 Å². The van der Waals surface area contributed by atoms with Gasteiger partial charge in [-0.25, -0.2) is 4.79 Å². The maximum atomic E-state index is 12.1. The summed E-state index contributed by atoms with van der Waals surface area (Å²) < 4.78 is 10.9. The second-order valence-electron chi connectivity index (χ2n) is 5.82. The third-order valence-electron chi connectivity index (χ3n) is 3.89. The molecular formula is C21H20O3. The van der Waals surface area contributed by atoms with Crippen molar-refractivity contribution in [2.45, 2.75) is 20.8 Å². The summed E-state index contributed by atoms with van der Waals surface area (Å²) in [6, 6.07) is 13.7. The van der Waals surface area contributed by atoms with Crippen LogP contribution in [0, 0.1) is 13.8 Å². The second-order valence-corrected chi connectivity index (χ2v) is 5.82. The Morgan fingerprint density at radius 3 is 2.50 bits per heavy atom. The highest BCUT2D eigenvalue weighted by Crippen LogP contribution is 2.30. The number of cyclic esters (lactones) is 1. The van der Waals surface area contributed by atoms with Gasteiger partial charge in [0.05, 0.1) is 12.2 Å². The van der Waals surface area contributed by atoms with E-state index < -0.39 is 0 Å². The third-order valence-corrected chi connectivity index (χ3v) is 3.89. The van der Waals surface area contributed by atoms with Crippen LogP contribution in [0.15, 0.2) is 54.1 Å². The van der Waals surface area contributed by atoms with Crippen LogP contribution in [-0.2, 0) is 9.53 Å². The van der Waals surface area contributed by atoms with Gasteiger partial charge in [0, 0.05) is 5.56 Å². The van der Waals surface area contributed by atoms with E-state index in [0.717, 1.165) is 22.4 Å². The van der Waals surface area contributed by atoms with Crippen molar-refractivity contribution in [3.8, 4) is 5.75 Å². The number of ether oxygens (including phenoxy) is 2. The Bertz CT molecular complexity index is 827. The van der Waals surface area contributed by atoms with Gasteiger partial charge >= 0.3 is 5.97 Å². The van der Waals surface area contributed by atoms with Crippen LogP contribution in [0.4, 0.5) is 0 Å². The number of rotatable bonds is 4. The lowest BCUT2D eigenvalue weighted by atomic mass is 10.0. The van der Waals surface area contributed by atoms with Crippen molar-refractivity contribution in [1.29, 1.82) is 0 Å². The molecule has 3 nitrogen and oxygen atoms in total. The van der Waals surface area contributed by atoms with Crippen molar-refractivity contribution in [3.63, 3.8) is 0 Å². The molecule has 2 aromatic rings. The molecule has 1 aliphatic heterocycles. The van der Waals surface area contributed by atoms with E-state index in [9.17, 15) is 4.79 Å². The molecule has 3 heteroatoms. The minimum atomic E-state index is -0.321. The zero-order chi connectivity index (χ0) is 17.1. The van der Waals surface area contributed by atoms with Crippen LogP contribution in [0.1, 0.15) is 29.2 Å². The molecule has 0 aliphatic carbocycles. The fraction of sp³-hybridized carbons (Fsp3) is 0.190. The minimum absolute atomic E-state index is 0.321. The van der Waals surface area contributed by atoms with Gasteiger partial charge in [0.25, 0.3) is 0 Å². The lowest BCUT2D eigenvalue weighted by Gasteiger charge is -2.06. The summed E-state index contributed by atoms with van der Waals surface area (Å²) in [7, 11) is 0. The summed E-state index contributed by atoms with van der Waals surface area (Å²) in [4.78, 5) is 12.1. The molecule has 122 valence electrons. The highest BCUT2D eigenvalue weighted by atomic mass is 16.5. The monoisotopic (exact) mass is 320 g/mol. The van der Waals surface area contributed by atoms with E-state index in [2.05, 4.69) is 6.07 Å². The van der Waals surface area contributed by atoms with Crippen molar-refractivity contribution in [3.05, 3.63) is 76.4 Å². The number of benzene rings is 2. The molecule has 1 aliphatic rings. The largest absolute Gasteiger partial charge is 0.494 e. The fourth-order valence-corrected chi connectivity index (χ4v) is 2.72. The second kappa shape index (κ2) is 6.75. The van der Waals surface area contributed by atoms with E-state index in [1.165, 1.54) is 5.56 Å². The molecule has 0 saturated heterocycles. The molecule has 2 aromatic carbocycles. The molecule has 0 spiro atoms. The Morgan fingerprint density at radius 2 is 1.83 bits per heavy atom. The first kappa shape index (κ1) is 16.1. The zero-order valence-corrected chi connectivity index (χ0v) is 14.1. The summed E-state index contributed by atoms with van der Waals surface area (Å²) in [5.41, 5.74) is 4.71. The van der Waals surface area contributed by atoms with E-state index in [-0.39, 0.29) is 5.97 Å². The van der Waals surface area contributed by atoms with Gasteiger partial charge in [-0.3, -0.25) is 0 Å². The maximum absolute atomic E-state index is 12.1. The molecule has 24 heavy (non-hydrogen) atoms. The van der Waals surface area contributed by atoms with Crippen LogP contribution in [0.3, 0.4) is 0 Å². The van der Waals surface area contributed by atoms with Crippen molar-refractivity contribution in [2.24, 2.45) is 0 Å². The van der Waals surface area contributed by atoms with Crippen LogP contribution in [0.25, 0.3) is 11.8 Å². The third kappa shape index (κ3) is 3.40.